The number of fused-ring (bicyclic) bond motifs is 1. The third kappa shape index (κ3) is 1.62. The fourth-order valence-corrected chi connectivity index (χ4v) is 3.75. The lowest BCUT2D eigenvalue weighted by Crippen LogP contribution is -2.39. The van der Waals surface area contributed by atoms with Crippen LogP contribution in [0.4, 0.5) is 0 Å². The number of benzene rings is 1. The maximum Gasteiger partial charge on any atom is 0.311 e. The molecule has 2 unspecified atom stereocenters. The van der Waals surface area contributed by atoms with Crippen molar-refractivity contribution in [2.75, 3.05) is 6.61 Å². The molecule has 3 rings (SSSR count). The second-order valence-electron chi connectivity index (χ2n) is 6.27. The van der Waals surface area contributed by atoms with Crippen LogP contribution < -0.4 is 0 Å². The smallest absolute Gasteiger partial charge is 0.311 e. The molecular weight excluding hydrogens is 282 g/mol. The van der Waals surface area contributed by atoms with Crippen molar-refractivity contribution in [3.8, 4) is 0 Å². The van der Waals surface area contributed by atoms with Gasteiger partial charge in [0, 0.05) is 0 Å². The fourth-order valence-electron chi connectivity index (χ4n) is 3.75. The maximum atomic E-state index is 12.7. The van der Waals surface area contributed by atoms with E-state index in [0.29, 0.717) is 0 Å². The zero-order valence-corrected chi connectivity index (χ0v) is 13.0. The first-order chi connectivity index (χ1) is 10.4. The van der Waals surface area contributed by atoms with Crippen LogP contribution in [0.1, 0.15) is 26.3 Å². The van der Waals surface area contributed by atoms with Crippen molar-refractivity contribution < 1.29 is 19.1 Å². The Morgan fingerprint density at radius 2 is 1.68 bits per heavy atom. The Balaban J connectivity index is 1.85. The summed E-state index contributed by atoms with van der Waals surface area (Å²) < 4.78 is 5.02. The van der Waals surface area contributed by atoms with Gasteiger partial charge in [0.05, 0.1) is 29.9 Å². The number of piperidine rings is 1. The highest BCUT2D eigenvalue weighted by molar-refractivity contribution is 6.18. The first-order valence-electron chi connectivity index (χ1n) is 7.46. The third-order valence-corrected chi connectivity index (χ3v) is 5.23. The average Bonchev–Trinajstić information content (AvgIpc) is 2.99. The summed E-state index contributed by atoms with van der Waals surface area (Å²) in [6, 6.07) is 9.36. The van der Waals surface area contributed by atoms with Gasteiger partial charge >= 0.3 is 5.97 Å². The van der Waals surface area contributed by atoms with Crippen LogP contribution in [-0.2, 0) is 25.7 Å². The van der Waals surface area contributed by atoms with Gasteiger partial charge in [-0.05, 0) is 26.3 Å². The van der Waals surface area contributed by atoms with E-state index in [1.165, 1.54) is 4.90 Å². The van der Waals surface area contributed by atoms with Gasteiger partial charge in [-0.2, -0.15) is 0 Å². The van der Waals surface area contributed by atoms with Gasteiger partial charge in [0.1, 0.15) is 0 Å². The van der Waals surface area contributed by atoms with E-state index < -0.39 is 22.7 Å². The summed E-state index contributed by atoms with van der Waals surface area (Å²) in [5.41, 5.74) is -1.04. The molecule has 5 heteroatoms. The number of amides is 2. The van der Waals surface area contributed by atoms with Crippen molar-refractivity contribution in [2.24, 2.45) is 16.7 Å². The lowest BCUT2D eigenvalue weighted by molar-refractivity contribution is -0.154. The van der Waals surface area contributed by atoms with E-state index >= 15 is 0 Å². The molecule has 1 aromatic carbocycles. The van der Waals surface area contributed by atoms with E-state index in [0.717, 1.165) is 5.56 Å². The van der Waals surface area contributed by atoms with Gasteiger partial charge in [0.2, 0.25) is 11.8 Å². The number of rotatable bonds is 4. The van der Waals surface area contributed by atoms with Crippen molar-refractivity contribution >= 4 is 17.8 Å². The predicted octanol–water partition coefficient (Wildman–Crippen LogP) is 1.76. The minimum absolute atomic E-state index is 0.248. The van der Waals surface area contributed by atoms with Crippen molar-refractivity contribution in [2.45, 2.75) is 27.3 Å². The molecular formula is C17H19NO4. The molecule has 1 aliphatic heterocycles. The minimum atomic E-state index is -0.967. The van der Waals surface area contributed by atoms with Crippen molar-refractivity contribution in [3.63, 3.8) is 0 Å². The van der Waals surface area contributed by atoms with Gasteiger partial charge in [-0.3, -0.25) is 19.3 Å². The summed E-state index contributed by atoms with van der Waals surface area (Å²) in [5, 5.41) is 0. The fraction of sp³-hybridized carbons (Fsp3) is 0.471. The van der Waals surface area contributed by atoms with Gasteiger partial charge in [0.15, 0.2) is 0 Å². The first-order valence-corrected chi connectivity index (χ1v) is 7.46. The van der Waals surface area contributed by atoms with Crippen LogP contribution in [-0.4, -0.2) is 29.3 Å². The van der Waals surface area contributed by atoms with E-state index in [-0.39, 0.29) is 25.0 Å². The number of hydrogen-bond acceptors (Lipinski definition) is 4. The number of hydrogen-bond donors (Lipinski definition) is 0. The minimum Gasteiger partial charge on any atom is -0.466 e. The lowest BCUT2D eigenvalue weighted by Gasteiger charge is -2.21. The van der Waals surface area contributed by atoms with Crippen LogP contribution in [0.5, 0.6) is 0 Å². The van der Waals surface area contributed by atoms with Crippen molar-refractivity contribution in [1.82, 2.24) is 4.90 Å². The van der Waals surface area contributed by atoms with E-state index in [1.54, 1.807) is 20.8 Å². The number of nitrogens with zero attached hydrogens (tertiary/aromatic N) is 1. The highest BCUT2D eigenvalue weighted by atomic mass is 16.5. The lowest BCUT2D eigenvalue weighted by atomic mass is 10.00. The molecule has 1 aromatic rings. The van der Waals surface area contributed by atoms with Crippen LogP contribution >= 0.6 is 0 Å². The molecule has 0 radical (unpaired) electrons. The summed E-state index contributed by atoms with van der Waals surface area (Å²) in [7, 11) is 0. The molecule has 1 heterocycles. The predicted molar refractivity (Wildman–Crippen MR) is 78.3 cm³/mol. The summed E-state index contributed by atoms with van der Waals surface area (Å²) in [4.78, 5) is 38.7. The van der Waals surface area contributed by atoms with Crippen LogP contribution in [0.15, 0.2) is 30.3 Å². The Bertz CT molecular complexity index is 628. The second kappa shape index (κ2) is 4.66. The van der Waals surface area contributed by atoms with E-state index in [2.05, 4.69) is 0 Å². The Kier molecular flexibility index (Phi) is 3.13. The normalized spacial score (nSPS) is 32.9. The monoisotopic (exact) mass is 301 g/mol. The highest BCUT2D eigenvalue weighted by Gasteiger charge is 2.87. The van der Waals surface area contributed by atoms with E-state index in [9.17, 15) is 14.4 Å². The molecule has 0 bridgehead atoms. The number of imide groups is 1. The van der Waals surface area contributed by atoms with E-state index in [4.69, 9.17) is 4.74 Å². The Hall–Kier alpha value is -2.17. The topological polar surface area (TPSA) is 63.7 Å². The third-order valence-electron chi connectivity index (χ3n) is 5.23. The number of carbonyl (C=O) groups excluding carboxylic acids is 3. The van der Waals surface area contributed by atoms with Gasteiger partial charge in [-0.1, -0.05) is 30.3 Å². The molecule has 1 saturated carbocycles. The van der Waals surface area contributed by atoms with Gasteiger partial charge in [-0.25, -0.2) is 0 Å². The molecule has 2 aliphatic rings. The summed E-state index contributed by atoms with van der Waals surface area (Å²) in [6.45, 7) is 5.60. The maximum absolute atomic E-state index is 12.7. The summed E-state index contributed by atoms with van der Waals surface area (Å²) in [5.74, 6) is -1.66. The van der Waals surface area contributed by atoms with E-state index in [1.807, 2.05) is 30.3 Å². The number of carbonyl (C=O) groups is 3. The van der Waals surface area contributed by atoms with Crippen molar-refractivity contribution in [1.29, 1.82) is 0 Å². The molecule has 2 fully saturated rings. The van der Waals surface area contributed by atoms with Crippen molar-refractivity contribution in [3.05, 3.63) is 35.9 Å². The Labute approximate surface area is 129 Å². The molecule has 0 aromatic heterocycles. The van der Waals surface area contributed by atoms with Crippen LogP contribution in [0, 0.1) is 16.7 Å². The number of esters is 1. The quantitative estimate of drug-likeness (QED) is 0.628. The first kappa shape index (κ1) is 14.8. The largest absolute Gasteiger partial charge is 0.466 e. The highest BCUT2D eigenvalue weighted by Crippen LogP contribution is 2.74. The Morgan fingerprint density at radius 1 is 1.14 bits per heavy atom. The molecule has 116 valence electrons. The standard InChI is InChI=1S/C17H19NO4/c1-4-22-13(19)12-16(2)14(20)18(15(21)17(12,16)3)10-11-8-6-5-7-9-11/h5-9,12H,4,10H2,1-3H3. The van der Waals surface area contributed by atoms with Crippen LogP contribution in [0.2, 0.25) is 0 Å². The van der Waals surface area contributed by atoms with Gasteiger partial charge in [-0.15, -0.1) is 0 Å². The average molecular weight is 301 g/mol. The van der Waals surface area contributed by atoms with Gasteiger partial charge in [0.25, 0.3) is 0 Å². The van der Waals surface area contributed by atoms with Crippen LogP contribution in [0.25, 0.3) is 0 Å². The second-order valence-corrected chi connectivity index (χ2v) is 6.27. The zero-order valence-electron chi connectivity index (χ0n) is 13.0. The molecule has 0 N–H and O–H groups in total. The molecule has 1 saturated heterocycles. The molecule has 2 amide bonds. The molecule has 22 heavy (non-hydrogen) atoms. The molecule has 5 nitrogen and oxygen atoms in total. The zero-order chi connectivity index (χ0) is 16.1. The summed E-state index contributed by atoms with van der Waals surface area (Å²) in [6.07, 6.45) is 0. The Morgan fingerprint density at radius 3 is 2.18 bits per heavy atom. The molecule has 2 atom stereocenters. The summed E-state index contributed by atoms with van der Waals surface area (Å²) >= 11 is 0. The molecule has 1 aliphatic carbocycles. The number of likely N-dealkylation sites (tertiary alicyclic amines) is 1. The number of ether oxygens (including phenoxy) is 1. The van der Waals surface area contributed by atoms with Crippen LogP contribution in [0.3, 0.4) is 0 Å². The van der Waals surface area contributed by atoms with Gasteiger partial charge < -0.3 is 4.74 Å². The molecule has 0 spiro atoms. The SMILES string of the molecule is CCOC(=O)C1C2(C)C(=O)N(Cc3ccccc3)C(=O)C12C.